The molecule has 0 aromatic carbocycles. The fourth-order valence-electron chi connectivity index (χ4n) is 3.67. The van der Waals surface area contributed by atoms with Crippen molar-refractivity contribution in [1.29, 1.82) is 0 Å². The van der Waals surface area contributed by atoms with Crippen LogP contribution in [0.1, 0.15) is 33.8 Å². The molecule has 0 atom stereocenters. The Labute approximate surface area is 189 Å². The molecule has 0 amide bonds. The highest BCUT2D eigenvalue weighted by molar-refractivity contribution is 6.52. The number of carbonyl (C=O) groups is 2. The molecule has 0 radical (unpaired) electrons. The molecule has 4 rings (SSSR count). The van der Waals surface area contributed by atoms with Crippen LogP contribution in [-0.4, -0.2) is 81.8 Å². The molecule has 0 bridgehead atoms. The summed E-state index contributed by atoms with van der Waals surface area (Å²) in [5, 5.41) is 18.2. The van der Waals surface area contributed by atoms with Crippen LogP contribution in [0.2, 0.25) is 0 Å². The third-order valence-electron chi connectivity index (χ3n) is 5.24. The lowest BCUT2D eigenvalue weighted by Gasteiger charge is -2.19. The zero-order valence-electron chi connectivity index (χ0n) is 17.9. The molecular formula is C23H24N4O6. The minimum absolute atomic E-state index is 0.00211. The van der Waals surface area contributed by atoms with Gasteiger partial charge in [0.1, 0.15) is 22.8 Å². The average Bonchev–Trinajstić information content (AvgIpc) is 3.54. The van der Waals surface area contributed by atoms with Gasteiger partial charge in [0.2, 0.25) is 5.78 Å². The number of hydrogen-bond acceptors (Lipinski definition) is 10. The van der Waals surface area contributed by atoms with Gasteiger partial charge in [0.05, 0.1) is 37.9 Å². The van der Waals surface area contributed by atoms with E-state index in [1.54, 1.807) is 24.3 Å². The van der Waals surface area contributed by atoms with Crippen molar-refractivity contribution in [2.24, 2.45) is 4.99 Å². The van der Waals surface area contributed by atoms with E-state index in [1.807, 2.05) is 4.90 Å². The topological polar surface area (TPSA) is 142 Å². The van der Waals surface area contributed by atoms with Gasteiger partial charge in [0.15, 0.2) is 17.3 Å². The fourth-order valence-corrected chi connectivity index (χ4v) is 3.67. The second-order valence-electron chi connectivity index (χ2n) is 7.47. The maximum Gasteiger partial charge on any atom is 0.227 e. The summed E-state index contributed by atoms with van der Waals surface area (Å²) in [5.41, 5.74) is 0.725. The van der Waals surface area contributed by atoms with E-state index >= 15 is 0 Å². The molecule has 1 aliphatic carbocycles. The van der Waals surface area contributed by atoms with Gasteiger partial charge in [-0.25, -0.2) is 9.97 Å². The number of aliphatic hydroxyl groups is 2. The van der Waals surface area contributed by atoms with Crippen molar-refractivity contribution in [1.82, 2.24) is 14.9 Å². The Morgan fingerprint density at radius 3 is 2.03 bits per heavy atom. The third kappa shape index (κ3) is 4.98. The predicted molar refractivity (Wildman–Crippen MR) is 118 cm³/mol. The van der Waals surface area contributed by atoms with Gasteiger partial charge in [-0.2, -0.15) is 0 Å². The maximum atomic E-state index is 13.1. The van der Waals surface area contributed by atoms with E-state index in [0.29, 0.717) is 55.5 Å². The van der Waals surface area contributed by atoms with Crippen LogP contribution in [0.25, 0.3) is 22.9 Å². The molecule has 0 aliphatic heterocycles. The van der Waals surface area contributed by atoms with Gasteiger partial charge < -0.3 is 19.0 Å². The summed E-state index contributed by atoms with van der Waals surface area (Å²) in [6.07, 6.45) is 3.44. The lowest BCUT2D eigenvalue weighted by atomic mass is 9.95. The number of furan rings is 2. The van der Waals surface area contributed by atoms with Crippen molar-refractivity contribution in [2.45, 2.75) is 12.8 Å². The predicted octanol–water partition coefficient (Wildman–Crippen LogP) is 1.88. The molecular weight excluding hydrogens is 428 g/mol. The summed E-state index contributed by atoms with van der Waals surface area (Å²) in [7, 11) is 0. The van der Waals surface area contributed by atoms with E-state index in [4.69, 9.17) is 19.0 Å². The van der Waals surface area contributed by atoms with Crippen LogP contribution >= 0.6 is 0 Å². The second kappa shape index (κ2) is 10.4. The summed E-state index contributed by atoms with van der Waals surface area (Å²) >= 11 is 0. The Hall–Kier alpha value is -3.47. The van der Waals surface area contributed by atoms with Crippen molar-refractivity contribution in [3.8, 4) is 22.9 Å². The van der Waals surface area contributed by atoms with E-state index in [0.717, 1.165) is 0 Å². The van der Waals surface area contributed by atoms with E-state index in [9.17, 15) is 9.59 Å². The first kappa shape index (κ1) is 22.7. The molecule has 3 aromatic rings. The fraction of sp³-hybridized carbons (Fsp3) is 0.348. The Kier molecular flexibility index (Phi) is 7.18. The van der Waals surface area contributed by atoms with Crippen LogP contribution in [0.3, 0.4) is 0 Å². The third-order valence-corrected chi connectivity index (χ3v) is 5.24. The minimum atomic E-state index is -0.432. The number of rotatable bonds is 10. The Bertz CT molecular complexity index is 1130. The van der Waals surface area contributed by atoms with E-state index in [1.165, 1.54) is 12.5 Å². The van der Waals surface area contributed by atoms with Crippen molar-refractivity contribution in [2.75, 3.05) is 39.4 Å². The highest BCUT2D eigenvalue weighted by Crippen LogP contribution is 2.32. The number of carbonyl (C=O) groups excluding carboxylic acids is 2. The first-order chi connectivity index (χ1) is 16.1. The number of hydrogen-bond donors (Lipinski definition) is 2. The summed E-state index contributed by atoms with van der Waals surface area (Å²) in [4.78, 5) is 41.1. The summed E-state index contributed by atoms with van der Waals surface area (Å²) in [6.45, 7) is 1.83. The first-order valence-electron chi connectivity index (χ1n) is 10.7. The normalized spacial score (nSPS) is 14.9. The Morgan fingerprint density at radius 2 is 1.48 bits per heavy atom. The molecule has 1 aliphatic rings. The number of nitrogens with zero attached hydrogens (tertiary/aromatic N) is 4. The number of Topliss-reactive ketones (excluding diaryl/α,β-unsaturated/α-hetero) is 2. The highest BCUT2D eigenvalue weighted by Gasteiger charge is 2.34. The molecule has 10 nitrogen and oxygen atoms in total. The van der Waals surface area contributed by atoms with E-state index < -0.39 is 5.78 Å². The average molecular weight is 452 g/mol. The maximum absolute atomic E-state index is 13.1. The summed E-state index contributed by atoms with van der Waals surface area (Å²) in [5.74, 6) is 0.0379. The zero-order chi connectivity index (χ0) is 23.2. The van der Waals surface area contributed by atoms with Gasteiger partial charge in [-0.05, 0) is 30.7 Å². The molecule has 3 aromatic heterocycles. The molecule has 33 heavy (non-hydrogen) atoms. The summed E-state index contributed by atoms with van der Waals surface area (Å²) in [6, 6.07) is 6.78. The van der Waals surface area contributed by atoms with Crippen LogP contribution in [0, 0.1) is 0 Å². The number of aliphatic hydroxyl groups excluding tert-OH is 2. The molecule has 0 unspecified atom stereocenters. The SMILES string of the molecule is O=C1CC(=NCCCN(CCO)CCO)C(=O)c2nc(-c3ccco3)c(-c3ccco3)nc21. The quantitative estimate of drug-likeness (QED) is 0.441. The number of aliphatic imine (C=N–C) groups is 1. The molecule has 0 spiro atoms. The van der Waals surface area contributed by atoms with Crippen molar-refractivity contribution in [3.63, 3.8) is 0 Å². The molecule has 172 valence electrons. The Morgan fingerprint density at radius 1 is 0.879 bits per heavy atom. The molecule has 3 heterocycles. The molecule has 0 fully saturated rings. The number of ketones is 2. The smallest absolute Gasteiger partial charge is 0.227 e. The second-order valence-corrected chi connectivity index (χ2v) is 7.47. The number of aromatic nitrogens is 2. The van der Waals surface area contributed by atoms with Gasteiger partial charge in [-0.3, -0.25) is 19.5 Å². The van der Waals surface area contributed by atoms with Gasteiger partial charge >= 0.3 is 0 Å². The molecule has 0 saturated carbocycles. The van der Waals surface area contributed by atoms with E-state index in [2.05, 4.69) is 15.0 Å². The standard InChI is InChI=1S/C23H24N4O6/c28-10-8-27(9-11-29)7-3-6-24-15-14-16(30)19-22(23(15)31)26-21(18-5-2-13-33-18)20(25-19)17-4-1-12-32-17/h1-2,4-5,12-13,28-29H,3,6-11,14H2. The van der Waals surface area contributed by atoms with Crippen molar-refractivity contribution >= 4 is 17.3 Å². The van der Waals surface area contributed by atoms with Crippen LogP contribution < -0.4 is 0 Å². The lowest BCUT2D eigenvalue weighted by Crippen LogP contribution is -2.32. The highest BCUT2D eigenvalue weighted by atomic mass is 16.3. The molecule has 2 N–H and O–H groups in total. The van der Waals surface area contributed by atoms with E-state index in [-0.39, 0.29) is 42.5 Å². The van der Waals surface area contributed by atoms with Gasteiger partial charge in [0, 0.05) is 26.2 Å². The monoisotopic (exact) mass is 452 g/mol. The Balaban J connectivity index is 1.59. The van der Waals surface area contributed by atoms with Crippen LogP contribution in [0.5, 0.6) is 0 Å². The van der Waals surface area contributed by atoms with Gasteiger partial charge in [-0.15, -0.1) is 0 Å². The largest absolute Gasteiger partial charge is 0.463 e. The van der Waals surface area contributed by atoms with Gasteiger partial charge in [0.25, 0.3) is 0 Å². The zero-order valence-corrected chi connectivity index (χ0v) is 17.9. The van der Waals surface area contributed by atoms with Crippen LogP contribution in [-0.2, 0) is 0 Å². The first-order valence-corrected chi connectivity index (χ1v) is 10.7. The van der Waals surface area contributed by atoms with Crippen molar-refractivity contribution in [3.05, 3.63) is 48.2 Å². The van der Waals surface area contributed by atoms with Gasteiger partial charge in [-0.1, -0.05) is 0 Å². The lowest BCUT2D eigenvalue weighted by molar-refractivity contribution is 0.0957. The molecule has 0 saturated heterocycles. The number of fused-ring (bicyclic) bond motifs is 1. The molecule has 10 heteroatoms. The van der Waals surface area contributed by atoms with Crippen molar-refractivity contribution < 1.29 is 28.6 Å². The minimum Gasteiger partial charge on any atom is -0.463 e. The summed E-state index contributed by atoms with van der Waals surface area (Å²) < 4.78 is 10.9. The van der Waals surface area contributed by atoms with Crippen LogP contribution in [0.15, 0.2) is 50.6 Å². The van der Waals surface area contributed by atoms with Crippen LogP contribution in [0.4, 0.5) is 0 Å².